The molecule has 2 heterocycles. The molecule has 6 nitrogen and oxygen atoms in total. The van der Waals surface area contributed by atoms with Crippen LogP contribution in [0.4, 0.5) is 5.69 Å². The van der Waals surface area contributed by atoms with E-state index < -0.39 is 10.8 Å². The van der Waals surface area contributed by atoms with Crippen molar-refractivity contribution in [2.24, 2.45) is 0 Å². The van der Waals surface area contributed by atoms with E-state index in [0.717, 1.165) is 5.56 Å². The van der Waals surface area contributed by atoms with E-state index in [2.05, 4.69) is 14.9 Å². The molecule has 1 aromatic carbocycles. The van der Waals surface area contributed by atoms with Crippen molar-refractivity contribution in [1.29, 1.82) is 0 Å². The summed E-state index contributed by atoms with van der Waals surface area (Å²) >= 11 is 0. The molecular formula is C17H14N4O2S. The molecule has 120 valence electrons. The second-order valence-corrected chi connectivity index (χ2v) is 6.60. The standard InChI is InChI=1S/C17H14N4O2S/c1-11-16(12-4-6-13(18-2)7-5-12)17(22)21(20-11)15-9-8-14(10-19-15)24(3)23/h4-10,20H,1,3H3/t24-/m1/s1. The summed E-state index contributed by atoms with van der Waals surface area (Å²) < 4.78 is 12.8. The summed E-state index contributed by atoms with van der Waals surface area (Å²) in [5.41, 5.74) is 2.29. The summed E-state index contributed by atoms with van der Waals surface area (Å²) in [5.74, 6) is 0.432. The molecule has 0 aliphatic heterocycles. The molecule has 0 aliphatic rings. The zero-order chi connectivity index (χ0) is 17.3. The summed E-state index contributed by atoms with van der Waals surface area (Å²) in [6, 6.07) is 10.2. The Morgan fingerprint density at radius 3 is 2.46 bits per heavy atom. The maximum absolute atomic E-state index is 12.7. The zero-order valence-corrected chi connectivity index (χ0v) is 13.9. The molecule has 7 heteroatoms. The van der Waals surface area contributed by atoms with Crippen LogP contribution < -0.4 is 5.56 Å². The molecule has 0 bridgehead atoms. The highest BCUT2D eigenvalue weighted by atomic mass is 32.2. The number of nitrogens with zero attached hydrogens (tertiary/aromatic N) is 3. The van der Waals surface area contributed by atoms with Crippen LogP contribution in [-0.4, -0.2) is 25.2 Å². The number of aromatic amines is 1. The van der Waals surface area contributed by atoms with Crippen LogP contribution in [0.2, 0.25) is 0 Å². The highest BCUT2D eigenvalue weighted by Crippen LogP contribution is 2.22. The van der Waals surface area contributed by atoms with E-state index in [1.54, 1.807) is 42.7 Å². The van der Waals surface area contributed by atoms with E-state index in [4.69, 9.17) is 6.57 Å². The normalized spacial score (nSPS) is 11.9. The molecule has 24 heavy (non-hydrogen) atoms. The van der Waals surface area contributed by atoms with Crippen LogP contribution in [0, 0.1) is 13.5 Å². The van der Waals surface area contributed by atoms with Gasteiger partial charge < -0.3 is 0 Å². The number of nitrogens with one attached hydrogen (secondary N) is 1. The summed E-state index contributed by atoms with van der Waals surface area (Å²) in [5, 5.41) is 3.01. The fraction of sp³-hybridized carbons (Fsp3) is 0.118. The summed E-state index contributed by atoms with van der Waals surface area (Å²) in [6.07, 6.45) is 3.07. The summed E-state index contributed by atoms with van der Waals surface area (Å²) in [7, 11) is -1.12. The van der Waals surface area contributed by atoms with Crippen LogP contribution in [0.5, 0.6) is 0 Å². The Bertz CT molecular complexity index is 1010. The monoisotopic (exact) mass is 338 g/mol. The van der Waals surface area contributed by atoms with Gasteiger partial charge in [0, 0.05) is 18.1 Å². The number of pyridine rings is 1. The van der Waals surface area contributed by atoms with Gasteiger partial charge in [0.1, 0.15) is 0 Å². The first kappa shape index (κ1) is 15.9. The van der Waals surface area contributed by atoms with E-state index in [1.165, 1.54) is 10.9 Å². The minimum absolute atomic E-state index is 0.221. The van der Waals surface area contributed by atoms with E-state index >= 15 is 0 Å². The molecule has 0 aliphatic carbocycles. The van der Waals surface area contributed by atoms with Crippen molar-refractivity contribution >= 4 is 16.5 Å². The SMILES string of the molecule is [C-]#[N+]c1ccc(-c2c(C)[nH]n(-c3ccc([S@@](C)=O)cn3)c2=O)cc1. The molecule has 0 fully saturated rings. The number of benzene rings is 1. The topological polar surface area (TPSA) is 72.1 Å². The number of hydrogen-bond acceptors (Lipinski definition) is 3. The van der Waals surface area contributed by atoms with Gasteiger partial charge in [-0.05, 0) is 24.6 Å². The molecule has 0 radical (unpaired) electrons. The van der Waals surface area contributed by atoms with Crippen LogP contribution >= 0.6 is 0 Å². The highest BCUT2D eigenvalue weighted by molar-refractivity contribution is 7.84. The third-order valence-corrected chi connectivity index (χ3v) is 4.54. The third-order valence-electron chi connectivity index (χ3n) is 3.64. The lowest BCUT2D eigenvalue weighted by Gasteiger charge is -2.01. The fourth-order valence-corrected chi connectivity index (χ4v) is 2.89. The first-order valence-corrected chi connectivity index (χ1v) is 8.66. The van der Waals surface area contributed by atoms with Gasteiger partial charge in [-0.25, -0.2) is 14.5 Å². The quantitative estimate of drug-likeness (QED) is 0.747. The molecule has 0 spiro atoms. The Morgan fingerprint density at radius 1 is 1.21 bits per heavy atom. The second kappa shape index (κ2) is 6.26. The van der Waals surface area contributed by atoms with Crippen molar-refractivity contribution in [3.05, 3.63) is 70.1 Å². The predicted molar refractivity (Wildman–Crippen MR) is 93.0 cm³/mol. The largest absolute Gasteiger partial charge is 0.293 e. The number of H-pyrrole nitrogens is 1. The first-order valence-electron chi connectivity index (χ1n) is 7.10. The Kier molecular flexibility index (Phi) is 4.15. The van der Waals surface area contributed by atoms with Crippen LogP contribution in [0.25, 0.3) is 21.8 Å². The molecule has 3 rings (SSSR count). The van der Waals surface area contributed by atoms with Crippen molar-refractivity contribution in [2.75, 3.05) is 6.26 Å². The average molecular weight is 338 g/mol. The van der Waals surface area contributed by atoms with Gasteiger partial charge in [-0.3, -0.25) is 14.1 Å². The molecule has 0 saturated carbocycles. The van der Waals surface area contributed by atoms with E-state index in [0.29, 0.717) is 27.7 Å². The average Bonchev–Trinajstić information content (AvgIpc) is 2.89. The molecular weight excluding hydrogens is 324 g/mol. The zero-order valence-electron chi connectivity index (χ0n) is 13.1. The van der Waals surface area contributed by atoms with Crippen LogP contribution in [0.1, 0.15) is 5.69 Å². The molecule has 3 aromatic rings. The van der Waals surface area contributed by atoms with Gasteiger partial charge in [-0.1, -0.05) is 24.3 Å². The van der Waals surface area contributed by atoms with Crippen molar-refractivity contribution in [1.82, 2.24) is 14.8 Å². The van der Waals surface area contributed by atoms with Gasteiger partial charge in [0.15, 0.2) is 11.5 Å². The van der Waals surface area contributed by atoms with Crippen LogP contribution in [0.15, 0.2) is 52.3 Å². The molecule has 0 amide bonds. The smallest absolute Gasteiger partial charge is 0.280 e. The lowest BCUT2D eigenvalue weighted by atomic mass is 10.1. The van der Waals surface area contributed by atoms with Crippen molar-refractivity contribution in [3.63, 3.8) is 0 Å². The molecule has 0 unspecified atom stereocenters. The fourth-order valence-electron chi connectivity index (χ4n) is 2.43. The van der Waals surface area contributed by atoms with E-state index in [-0.39, 0.29) is 5.56 Å². The first-order chi connectivity index (χ1) is 11.5. The minimum atomic E-state index is -1.12. The van der Waals surface area contributed by atoms with Gasteiger partial charge >= 0.3 is 0 Å². The second-order valence-electron chi connectivity index (χ2n) is 5.22. The third kappa shape index (κ3) is 2.79. The van der Waals surface area contributed by atoms with Gasteiger partial charge in [-0.2, -0.15) is 0 Å². The lowest BCUT2D eigenvalue weighted by Crippen LogP contribution is -2.16. The molecule has 2 aromatic heterocycles. The highest BCUT2D eigenvalue weighted by Gasteiger charge is 2.15. The number of rotatable bonds is 3. The van der Waals surface area contributed by atoms with Crippen LogP contribution in [0.3, 0.4) is 0 Å². The Labute approximate surface area is 141 Å². The number of aryl methyl sites for hydroxylation is 1. The summed E-state index contributed by atoms with van der Waals surface area (Å²) in [4.78, 5) is 20.9. The van der Waals surface area contributed by atoms with E-state index in [1.807, 2.05) is 6.92 Å². The maximum Gasteiger partial charge on any atom is 0.280 e. The lowest BCUT2D eigenvalue weighted by molar-refractivity contribution is 0.686. The van der Waals surface area contributed by atoms with Gasteiger partial charge in [-0.15, -0.1) is 0 Å². The van der Waals surface area contributed by atoms with Gasteiger partial charge in [0.05, 0.1) is 27.8 Å². The Balaban J connectivity index is 2.07. The van der Waals surface area contributed by atoms with Crippen LogP contribution in [-0.2, 0) is 10.8 Å². The Hall–Kier alpha value is -2.98. The van der Waals surface area contributed by atoms with Gasteiger partial charge in [0.2, 0.25) is 0 Å². The number of hydrogen-bond donors (Lipinski definition) is 1. The molecule has 1 N–H and O–H groups in total. The minimum Gasteiger partial charge on any atom is -0.293 e. The predicted octanol–water partition coefficient (Wildman–Crippen LogP) is 2.82. The van der Waals surface area contributed by atoms with Crippen molar-refractivity contribution in [2.45, 2.75) is 11.8 Å². The molecule has 0 saturated heterocycles. The number of aromatic nitrogens is 3. The van der Waals surface area contributed by atoms with Crippen molar-refractivity contribution in [3.8, 4) is 16.9 Å². The van der Waals surface area contributed by atoms with Crippen molar-refractivity contribution < 1.29 is 4.21 Å². The maximum atomic E-state index is 12.7. The molecule has 1 atom stereocenters. The van der Waals surface area contributed by atoms with Gasteiger partial charge in [0.25, 0.3) is 5.56 Å². The summed E-state index contributed by atoms with van der Waals surface area (Å²) in [6.45, 7) is 8.80. The Morgan fingerprint density at radius 2 is 1.92 bits per heavy atom. The van der Waals surface area contributed by atoms with E-state index in [9.17, 15) is 9.00 Å².